The van der Waals surface area contributed by atoms with Gasteiger partial charge in [0.2, 0.25) is 0 Å². The quantitative estimate of drug-likeness (QED) is 0.785. The standard InChI is InChI=1S/C17H16ClN3O/c1-3-21-10-14(13-5-4-8-19-16(13)21)17(22)20-15-9-12(18)7-6-11(15)2/h4-10H,3H2,1-2H3,(H,20,22). The van der Waals surface area contributed by atoms with E-state index in [9.17, 15) is 4.79 Å². The number of carbonyl (C=O) groups is 1. The Morgan fingerprint density at radius 2 is 2.18 bits per heavy atom. The van der Waals surface area contributed by atoms with Crippen LogP contribution in [0.3, 0.4) is 0 Å². The molecule has 2 aromatic heterocycles. The van der Waals surface area contributed by atoms with Crippen LogP contribution in [0.4, 0.5) is 5.69 Å². The van der Waals surface area contributed by atoms with Gasteiger partial charge < -0.3 is 9.88 Å². The van der Waals surface area contributed by atoms with Gasteiger partial charge in [0.15, 0.2) is 0 Å². The van der Waals surface area contributed by atoms with Gasteiger partial charge in [-0.2, -0.15) is 0 Å². The second-order valence-electron chi connectivity index (χ2n) is 5.12. The van der Waals surface area contributed by atoms with E-state index < -0.39 is 0 Å². The highest BCUT2D eigenvalue weighted by atomic mass is 35.5. The van der Waals surface area contributed by atoms with Crippen molar-refractivity contribution < 1.29 is 4.79 Å². The minimum atomic E-state index is -0.157. The van der Waals surface area contributed by atoms with Gasteiger partial charge >= 0.3 is 0 Å². The van der Waals surface area contributed by atoms with Gasteiger partial charge in [-0.1, -0.05) is 17.7 Å². The summed E-state index contributed by atoms with van der Waals surface area (Å²) in [4.78, 5) is 17.0. The van der Waals surface area contributed by atoms with E-state index in [0.717, 1.165) is 28.8 Å². The second kappa shape index (κ2) is 5.81. The predicted octanol–water partition coefficient (Wildman–Crippen LogP) is 4.27. The van der Waals surface area contributed by atoms with Crippen LogP contribution >= 0.6 is 11.6 Å². The lowest BCUT2D eigenvalue weighted by Crippen LogP contribution is -2.12. The summed E-state index contributed by atoms with van der Waals surface area (Å²) in [6.07, 6.45) is 3.57. The summed E-state index contributed by atoms with van der Waals surface area (Å²) in [5.41, 5.74) is 3.12. The molecule has 0 saturated carbocycles. The SMILES string of the molecule is CCn1cc(C(=O)Nc2cc(Cl)ccc2C)c2cccnc21. The van der Waals surface area contributed by atoms with E-state index in [2.05, 4.69) is 10.3 Å². The Balaban J connectivity index is 2.01. The minimum absolute atomic E-state index is 0.157. The number of aryl methyl sites for hydroxylation is 2. The summed E-state index contributed by atoms with van der Waals surface area (Å²) in [5.74, 6) is -0.157. The van der Waals surface area contributed by atoms with Gasteiger partial charge in [-0.15, -0.1) is 0 Å². The molecule has 0 fully saturated rings. The van der Waals surface area contributed by atoms with Crippen LogP contribution in [0.2, 0.25) is 5.02 Å². The number of aromatic nitrogens is 2. The number of pyridine rings is 1. The maximum atomic E-state index is 12.6. The number of anilines is 1. The molecule has 4 nitrogen and oxygen atoms in total. The fourth-order valence-corrected chi connectivity index (χ4v) is 2.64. The van der Waals surface area contributed by atoms with Gasteiger partial charge in [-0.05, 0) is 43.7 Å². The summed E-state index contributed by atoms with van der Waals surface area (Å²) in [5, 5.41) is 4.38. The van der Waals surface area contributed by atoms with Crippen molar-refractivity contribution in [1.29, 1.82) is 0 Å². The highest BCUT2D eigenvalue weighted by Crippen LogP contribution is 2.24. The molecule has 5 heteroatoms. The highest BCUT2D eigenvalue weighted by Gasteiger charge is 2.16. The summed E-state index contributed by atoms with van der Waals surface area (Å²) >= 11 is 6.00. The first kappa shape index (κ1) is 14.6. The average Bonchev–Trinajstić information content (AvgIpc) is 2.90. The first-order valence-corrected chi connectivity index (χ1v) is 7.49. The molecular weight excluding hydrogens is 298 g/mol. The molecule has 22 heavy (non-hydrogen) atoms. The molecule has 0 bridgehead atoms. The van der Waals surface area contributed by atoms with E-state index in [0.29, 0.717) is 10.6 Å². The van der Waals surface area contributed by atoms with Crippen LogP contribution in [-0.2, 0) is 6.54 Å². The van der Waals surface area contributed by atoms with Gasteiger partial charge in [0.25, 0.3) is 5.91 Å². The van der Waals surface area contributed by atoms with E-state index in [1.807, 2.05) is 42.8 Å². The molecule has 0 saturated heterocycles. The van der Waals surface area contributed by atoms with Crippen molar-refractivity contribution in [3.05, 3.63) is 58.9 Å². The molecular formula is C17H16ClN3O. The molecule has 1 N–H and O–H groups in total. The largest absolute Gasteiger partial charge is 0.332 e. The maximum absolute atomic E-state index is 12.6. The van der Waals surface area contributed by atoms with Crippen molar-refractivity contribution in [2.24, 2.45) is 0 Å². The molecule has 0 atom stereocenters. The molecule has 3 aromatic rings. The molecule has 0 aliphatic rings. The second-order valence-corrected chi connectivity index (χ2v) is 5.55. The van der Waals surface area contributed by atoms with E-state index in [1.165, 1.54) is 0 Å². The number of benzene rings is 1. The average molecular weight is 314 g/mol. The third-order valence-corrected chi connectivity index (χ3v) is 3.90. The number of carbonyl (C=O) groups excluding carboxylic acids is 1. The summed E-state index contributed by atoms with van der Waals surface area (Å²) in [7, 11) is 0. The van der Waals surface area contributed by atoms with Crippen molar-refractivity contribution in [3.63, 3.8) is 0 Å². The van der Waals surface area contributed by atoms with Crippen molar-refractivity contribution >= 4 is 34.2 Å². The van der Waals surface area contributed by atoms with Crippen molar-refractivity contribution in [2.75, 3.05) is 5.32 Å². The van der Waals surface area contributed by atoms with Gasteiger partial charge in [0.05, 0.1) is 5.56 Å². The van der Waals surface area contributed by atoms with Crippen LogP contribution in [0.25, 0.3) is 11.0 Å². The Morgan fingerprint density at radius 1 is 1.36 bits per heavy atom. The van der Waals surface area contributed by atoms with Gasteiger partial charge in [0, 0.05) is 35.0 Å². The fourth-order valence-electron chi connectivity index (χ4n) is 2.46. The smallest absolute Gasteiger partial charge is 0.257 e. The first-order valence-electron chi connectivity index (χ1n) is 7.11. The van der Waals surface area contributed by atoms with E-state index in [4.69, 9.17) is 11.6 Å². The normalized spacial score (nSPS) is 10.9. The molecule has 0 aliphatic heterocycles. The highest BCUT2D eigenvalue weighted by molar-refractivity contribution is 6.31. The van der Waals surface area contributed by atoms with E-state index >= 15 is 0 Å². The number of halogens is 1. The van der Waals surface area contributed by atoms with Crippen molar-refractivity contribution in [2.45, 2.75) is 20.4 Å². The van der Waals surface area contributed by atoms with Gasteiger partial charge in [0.1, 0.15) is 5.65 Å². The Bertz CT molecular complexity index is 854. The molecule has 3 rings (SSSR count). The number of nitrogens with zero attached hydrogens (tertiary/aromatic N) is 2. The summed E-state index contributed by atoms with van der Waals surface area (Å²) < 4.78 is 1.97. The molecule has 1 amide bonds. The van der Waals surface area contributed by atoms with Crippen molar-refractivity contribution in [3.8, 4) is 0 Å². The lowest BCUT2D eigenvalue weighted by Gasteiger charge is -2.08. The zero-order chi connectivity index (χ0) is 15.7. The van der Waals surface area contributed by atoms with E-state index in [1.54, 1.807) is 18.3 Å². The lowest BCUT2D eigenvalue weighted by atomic mass is 10.1. The Morgan fingerprint density at radius 3 is 2.95 bits per heavy atom. The molecule has 0 spiro atoms. The third-order valence-electron chi connectivity index (χ3n) is 3.67. The number of hydrogen-bond donors (Lipinski definition) is 1. The fraction of sp³-hybridized carbons (Fsp3) is 0.176. The van der Waals surface area contributed by atoms with Gasteiger partial charge in [-0.25, -0.2) is 4.98 Å². The first-order chi connectivity index (χ1) is 10.6. The Labute approximate surface area is 133 Å². The predicted molar refractivity (Wildman–Crippen MR) is 89.5 cm³/mol. The van der Waals surface area contributed by atoms with Crippen molar-refractivity contribution in [1.82, 2.24) is 9.55 Å². The zero-order valence-corrected chi connectivity index (χ0v) is 13.2. The van der Waals surface area contributed by atoms with E-state index in [-0.39, 0.29) is 5.91 Å². The molecule has 2 heterocycles. The number of nitrogens with one attached hydrogen (secondary N) is 1. The van der Waals surface area contributed by atoms with Gasteiger partial charge in [-0.3, -0.25) is 4.79 Å². The summed E-state index contributed by atoms with van der Waals surface area (Å²) in [6.45, 7) is 4.72. The number of amides is 1. The topological polar surface area (TPSA) is 46.9 Å². The van der Waals surface area contributed by atoms with Crippen LogP contribution in [0.5, 0.6) is 0 Å². The minimum Gasteiger partial charge on any atom is -0.332 e. The molecule has 1 aromatic carbocycles. The molecule has 112 valence electrons. The van der Waals surface area contributed by atoms with Crippen LogP contribution in [0.15, 0.2) is 42.7 Å². The monoisotopic (exact) mass is 313 g/mol. The van der Waals surface area contributed by atoms with Crippen LogP contribution in [0.1, 0.15) is 22.8 Å². The molecule has 0 aliphatic carbocycles. The zero-order valence-electron chi connectivity index (χ0n) is 12.4. The van der Waals surface area contributed by atoms with Crippen LogP contribution < -0.4 is 5.32 Å². The molecule has 0 unspecified atom stereocenters. The number of rotatable bonds is 3. The maximum Gasteiger partial charge on any atom is 0.257 e. The number of hydrogen-bond acceptors (Lipinski definition) is 2. The molecule has 0 radical (unpaired) electrons. The third kappa shape index (κ3) is 2.57. The van der Waals surface area contributed by atoms with Crippen LogP contribution in [-0.4, -0.2) is 15.5 Å². The lowest BCUT2D eigenvalue weighted by molar-refractivity contribution is 0.102. The Hall–Kier alpha value is -2.33. The number of fused-ring (bicyclic) bond motifs is 1. The Kier molecular flexibility index (Phi) is 3.86. The van der Waals surface area contributed by atoms with Crippen LogP contribution in [0, 0.1) is 6.92 Å². The summed E-state index contributed by atoms with van der Waals surface area (Å²) in [6, 6.07) is 9.19.